The molecule has 3 rings (SSSR count). The Morgan fingerprint density at radius 1 is 0.846 bits per heavy atom. The predicted molar refractivity (Wildman–Crippen MR) is 47.1 cm³/mol. The zero-order valence-electron chi connectivity index (χ0n) is 7.51. The van der Waals surface area contributed by atoms with Crippen LogP contribution in [0, 0.1) is 11.8 Å². The van der Waals surface area contributed by atoms with Gasteiger partial charge < -0.3 is 0 Å². The molecule has 0 aromatic rings. The van der Waals surface area contributed by atoms with Crippen LogP contribution < -0.4 is 0 Å². The van der Waals surface area contributed by atoms with Crippen molar-refractivity contribution >= 4 is 11.6 Å². The Bertz CT molecular complexity index is 306. The lowest BCUT2D eigenvalue weighted by molar-refractivity contribution is -0.123. The molecule has 2 bridgehead atoms. The fraction of sp³-hybridized carbons (Fsp3) is 0.636. The monoisotopic (exact) mass is 176 g/mol. The van der Waals surface area contributed by atoms with Crippen LogP contribution in [0.4, 0.5) is 0 Å². The minimum atomic E-state index is 0.266. The van der Waals surface area contributed by atoms with Crippen molar-refractivity contribution in [3.05, 3.63) is 11.1 Å². The molecular formula is C11H12O2. The molecular weight excluding hydrogens is 164 g/mol. The Hall–Kier alpha value is -0.920. The van der Waals surface area contributed by atoms with E-state index in [1.54, 1.807) is 0 Å². The first kappa shape index (κ1) is 7.48. The SMILES string of the molecule is O=C1CCC(=O)C2=C1C1CCC2C1. The van der Waals surface area contributed by atoms with Crippen molar-refractivity contribution in [3.8, 4) is 0 Å². The minimum Gasteiger partial charge on any atom is -0.295 e. The van der Waals surface area contributed by atoms with Crippen molar-refractivity contribution in [2.45, 2.75) is 32.1 Å². The molecule has 0 aromatic carbocycles. The van der Waals surface area contributed by atoms with Crippen LogP contribution >= 0.6 is 0 Å². The lowest BCUT2D eigenvalue weighted by atomic mass is 9.81. The first-order valence-electron chi connectivity index (χ1n) is 5.08. The third-order valence-corrected chi connectivity index (χ3v) is 3.72. The van der Waals surface area contributed by atoms with Crippen LogP contribution in [0.2, 0.25) is 0 Å². The normalized spacial score (nSPS) is 37.2. The molecule has 1 fully saturated rings. The minimum absolute atomic E-state index is 0.266. The number of hydrogen-bond donors (Lipinski definition) is 0. The highest BCUT2D eigenvalue weighted by atomic mass is 16.1. The van der Waals surface area contributed by atoms with Crippen molar-refractivity contribution in [2.24, 2.45) is 11.8 Å². The first-order chi connectivity index (χ1) is 6.27. The molecule has 0 amide bonds. The van der Waals surface area contributed by atoms with Gasteiger partial charge in [-0.05, 0) is 31.1 Å². The van der Waals surface area contributed by atoms with Gasteiger partial charge >= 0.3 is 0 Å². The largest absolute Gasteiger partial charge is 0.295 e. The first-order valence-corrected chi connectivity index (χ1v) is 5.08. The molecule has 68 valence electrons. The number of Topliss-reactive ketones (excluding diaryl/α,β-unsaturated/α-hetero) is 2. The van der Waals surface area contributed by atoms with Gasteiger partial charge in [0.1, 0.15) is 0 Å². The molecule has 2 heteroatoms. The highest BCUT2D eigenvalue weighted by Gasteiger charge is 2.45. The van der Waals surface area contributed by atoms with Crippen LogP contribution in [0.15, 0.2) is 11.1 Å². The molecule has 0 radical (unpaired) electrons. The van der Waals surface area contributed by atoms with Gasteiger partial charge in [0, 0.05) is 24.0 Å². The second kappa shape index (κ2) is 2.31. The number of carbonyl (C=O) groups excluding carboxylic acids is 2. The Balaban J connectivity index is 2.15. The van der Waals surface area contributed by atoms with E-state index in [1.165, 1.54) is 0 Å². The van der Waals surface area contributed by atoms with E-state index in [2.05, 4.69) is 0 Å². The van der Waals surface area contributed by atoms with Crippen molar-refractivity contribution in [1.29, 1.82) is 0 Å². The average Bonchev–Trinajstić information content (AvgIpc) is 2.70. The summed E-state index contributed by atoms with van der Waals surface area (Å²) in [5.41, 5.74) is 1.88. The molecule has 0 spiro atoms. The molecule has 3 aliphatic carbocycles. The predicted octanol–water partition coefficient (Wildman–Crippen LogP) is 1.64. The zero-order valence-corrected chi connectivity index (χ0v) is 7.51. The van der Waals surface area contributed by atoms with Gasteiger partial charge in [-0.15, -0.1) is 0 Å². The summed E-state index contributed by atoms with van der Waals surface area (Å²) in [5, 5.41) is 0. The average molecular weight is 176 g/mol. The van der Waals surface area contributed by atoms with Crippen LogP contribution in [-0.2, 0) is 9.59 Å². The van der Waals surface area contributed by atoms with Crippen LogP contribution in [0.3, 0.4) is 0 Å². The van der Waals surface area contributed by atoms with Gasteiger partial charge in [-0.2, -0.15) is 0 Å². The van der Waals surface area contributed by atoms with E-state index in [4.69, 9.17) is 0 Å². The molecule has 13 heavy (non-hydrogen) atoms. The van der Waals surface area contributed by atoms with Crippen molar-refractivity contribution in [1.82, 2.24) is 0 Å². The number of ketones is 2. The van der Waals surface area contributed by atoms with Crippen molar-refractivity contribution in [2.75, 3.05) is 0 Å². The number of rotatable bonds is 0. The van der Waals surface area contributed by atoms with E-state index in [9.17, 15) is 9.59 Å². The van der Waals surface area contributed by atoms with E-state index in [-0.39, 0.29) is 11.6 Å². The third kappa shape index (κ3) is 0.835. The quantitative estimate of drug-likeness (QED) is 0.562. The van der Waals surface area contributed by atoms with Gasteiger partial charge in [-0.3, -0.25) is 9.59 Å². The zero-order chi connectivity index (χ0) is 9.00. The maximum atomic E-state index is 11.6. The summed E-state index contributed by atoms with van der Waals surface area (Å²) in [7, 11) is 0. The van der Waals surface area contributed by atoms with E-state index in [0.29, 0.717) is 24.7 Å². The van der Waals surface area contributed by atoms with Crippen LogP contribution in [-0.4, -0.2) is 11.6 Å². The summed E-state index contributed by atoms with van der Waals surface area (Å²) in [5.74, 6) is 1.44. The van der Waals surface area contributed by atoms with Crippen molar-refractivity contribution in [3.63, 3.8) is 0 Å². The second-order valence-electron chi connectivity index (χ2n) is 4.38. The molecule has 0 N–H and O–H groups in total. The molecule has 0 aliphatic heterocycles. The topological polar surface area (TPSA) is 34.1 Å². The summed E-state index contributed by atoms with van der Waals surface area (Å²) < 4.78 is 0. The third-order valence-electron chi connectivity index (χ3n) is 3.72. The van der Waals surface area contributed by atoms with Gasteiger partial charge in [0.25, 0.3) is 0 Å². The van der Waals surface area contributed by atoms with E-state index in [0.717, 1.165) is 30.4 Å². The maximum Gasteiger partial charge on any atom is 0.160 e. The lowest BCUT2D eigenvalue weighted by Crippen LogP contribution is -2.23. The van der Waals surface area contributed by atoms with E-state index in [1.807, 2.05) is 0 Å². The van der Waals surface area contributed by atoms with Gasteiger partial charge in [-0.1, -0.05) is 0 Å². The van der Waals surface area contributed by atoms with Gasteiger partial charge in [0.15, 0.2) is 11.6 Å². The highest BCUT2D eigenvalue weighted by molar-refractivity contribution is 6.13. The number of carbonyl (C=O) groups is 2. The summed E-state index contributed by atoms with van der Waals surface area (Å²) >= 11 is 0. The van der Waals surface area contributed by atoms with Gasteiger partial charge in [0.05, 0.1) is 0 Å². The molecule has 2 atom stereocenters. The molecule has 1 saturated carbocycles. The molecule has 3 aliphatic rings. The van der Waals surface area contributed by atoms with Crippen LogP contribution in [0.25, 0.3) is 0 Å². The molecule has 0 aromatic heterocycles. The summed E-state index contributed by atoms with van der Waals surface area (Å²) in [4.78, 5) is 23.2. The van der Waals surface area contributed by atoms with Gasteiger partial charge in [0.2, 0.25) is 0 Å². The fourth-order valence-corrected chi connectivity index (χ4v) is 3.20. The molecule has 2 nitrogen and oxygen atoms in total. The Labute approximate surface area is 77.0 Å². The fourth-order valence-electron chi connectivity index (χ4n) is 3.20. The standard InChI is InChI=1S/C11H12O2/c12-8-3-4-9(13)11-7-2-1-6(5-7)10(8)11/h6-7H,1-5H2. The highest BCUT2D eigenvalue weighted by Crippen LogP contribution is 2.51. The van der Waals surface area contributed by atoms with Crippen LogP contribution in [0.1, 0.15) is 32.1 Å². The maximum absolute atomic E-state index is 11.6. The van der Waals surface area contributed by atoms with E-state index < -0.39 is 0 Å². The van der Waals surface area contributed by atoms with E-state index >= 15 is 0 Å². The van der Waals surface area contributed by atoms with Crippen LogP contribution in [0.5, 0.6) is 0 Å². The van der Waals surface area contributed by atoms with Crippen molar-refractivity contribution < 1.29 is 9.59 Å². The number of fused-ring (bicyclic) bond motifs is 4. The summed E-state index contributed by atoms with van der Waals surface area (Å²) in [6.07, 6.45) is 4.31. The molecule has 2 unspecified atom stereocenters. The second-order valence-corrected chi connectivity index (χ2v) is 4.38. The summed E-state index contributed by atoms with van der Waals surface area (Å²) in [6, 6.07) is 0. The van der Waals surface area contributed by atoms with Gasteiger partial charge in [-0.25, -0.2) is 0 Å². The Morgan fingerprint density at radius 3 is 1.77 bits per heavy atom. The number of hydrogen-bond acceptors (Lipinski definition) is 2. The lowest BCUT2D eigenvalue weighted by Gasteiger charge is -2.21. The Morgan fingerprint density at radius 2 is 1.31 bits per heavy atom. The molecule has 0 heterocycles. The number of allylic oxidation sites excluding steroid dienone is 2. The summed E-state index contributed by atoms with van der Waals surface area (Å²) in [6.45, 7) is 0. The Kier molecular flexibility index (Phi) is 1.33. The smallest absolute Gasteiger partial charge is 0.160 e. The molecule has 0 saturated heterocycles.